The third-order valence-electron chi connectivity index (χ3n) is 3.64. The highest BCUT2D eigenvalue weighted by molar-refractivity contribution is 7.19. The average molecular weight is 343 g/mol. The third kappa shape index (κ3) is 3.50. The van der Waals surface area contributed by atoms with E-state index in [-0.39, 0.29) is 6.04 Å². The smallest absolute Gasteiger partial charge is 0.109 e. The van der Waals surface area contributed by atoms with Crippen LogP contribution in [0.1, 0.15) is 21.7 Å². The minimum atomic E-state index is -0.137. The Kier molecular flexibility index (Phi) is 4.86. The predicted molar refractivity (Wildman–Crippen MR) is 95.7 cm³/mol. The van der Waals surface area contributed by atoms with Crippen LogP contribution in [0.25, 0.3) is 10.2 Å². The summed E-state index contributed by atoms with van der Waals surface area (Å²) in [4.78, 5) is 2.46. The molecule has 0 spiro atoms. The molecule has 3 rings (SSSR count). The van der Waals surface area contributed by atoms with Crippen molar-refractivity contribution in [2.45, 2.75) is 32.4 Å². The van der Waals surface area contributed by atoms with Crippen LogP contribution in [0.3, 0.4) is 0 Å². The highest BCUT2D eigenvalue weighted by atomic mass is 32.1. The molecule has 0 amide bonds. The van der Waals surface area contributed by atoms with Crippen molar-refractivity contribution < 1.29 is 0 Å². The molecule has 0 unspecified atom stereocenters. The lowest BCUT2D eigenvalue weighted by atomic mass is 10.1. The average Bonchev–Trinajstić information content (AvgIpc) is 3.15. The topological polar surface area (TPSA) is 87.6 Å². The second-order valence-corrected chi connectivity index (χ2v) is 7.48. The van der Waals surface area contributed by atoms with E-state index in [1.54, 1.807) is 28.9 Å². The van der Waals surface area contributed by atoms with Crippen molar-refractivity contribution in [1.82, 2.24) is 10.2 Å². The molecule has 0 bridgehead atoms. The maximum Gasteiger partial charge on any atom is 0.109 e. The fraction of sp³-hybridized carbons (Fsp3) is 0.312. The fourth-order valence-electron chi connectivity index (χ4n) is 2.40. The molecule has 3 aromatic heterocycles. The number of nitriles is 1. The summed E-state index contributed by atoms with van der Waals surface area (Å²) >= 11 is 3.42. The van der Waals surface area contributed by atoms with E-state index < -0.39 is 0 Å². The maximum atomic E-state index is 8.77. The number of thiophene rings is 2. The molecule has 0 saturated carbocycles. The van der Waals surface area contributed by atoms with Crippen LogP contribution in [-0.2, 0) is 13.0 Å². The van der Waals surface area contributed by atoms with E-state index in [1.165, 1.54) is 9.75 Å². The molecular formula is C16H17N5S2. The van der Waals surface area contributed by atoms with E-state index in [9.17, 15) is 0 Å². The molecule has 0 aliphatic rings. The van der Waals surface area contributed by atoms with E-state index in [2.05, 4.69) is 33.0 Å². The summed E-state index contributed by atoms with van der Waals surface area (Å²) in [7, 11) is 0. The van der Waals surface area contributed by atoms with Crippen LogP contribution in [0.2, 0.25) is 0 Å². The van der Waals surface area contributed by atoms with Gasteiger partial charge in [0.2, 0.25) is 0 Å². The summed E-state index contributed by atoms with van der Waals surface area (Å²) in [6.07, 6.45) is 2.83. The lowest BCUT2D eigenvalue weighted by Gasteiger charge is -2.05. The highest BCUT2D eigenvalue weighted by Gasteiger charge is 2.15. The van der Waals surface area contributed by atoms with Crippen LogP contribution < -0.4 is 11.1 Å². The number of nitrogens with one attached hydrogen (secondary N) is 1. The molecule has 3 N–H and O–H groups in total. The zero-order valence-corrected chi connectivity index (χ0v) is 14.4. The Morgan fingerprint density at radius 2 is 2.35 bits per heavy atom. The number of nitrogens with zero attached hydrogens (tertiary/aromatic N) is 3. The lowest BCUT2D eigenvalue weighted by molar-refractivity contribution is 0.690. The Balaban J connectivity index is 1.86. The second-order valence-electron chi connectivity index (χ2n) is 5.35. The van der Waals surface area contributed by atoms with Gasteiger partial charge >= 0.3 is 0 Å². The molecule has 0 radical (unpaired) electrons. The van der Waals surface area contributed by atoms with Gasteiger partial charge in [-0.25, -0.2) is 0 Å². The van der Waals surface area contributed by atoms with Crippen molar-refractivity contribution in [1.29, 1.82) is 5.26 Å². The summed E-state index contributed by atoms with van der Waals surface area (Å²) in [5.74, 6) is 0. The normalized spacial score (nSPS) is 12.2. The molecule has 23 heavy (non-hydrogen) atoms. The van der Waals surface area contributed by atoms with Gasteiger partial charge in [0.05, 0.1) is 29.1 Å². The Hall–Kier alpha value is -2.01. The first-order valence-corrected chi connectivity index (χ1v) is 9.01. The lowest BCUT2D eigenvalue weighted by Crippen LogP contribution is -2.21. The summed E-state index contributed by atoms with van der Waals surface area (Å²) in [5, 5.41) is 22.7. The number of hydrogen-bond donors (Lipinski definition) is 2. The molecule has 0 aliphatic carbocycles. The summed E-state index contributed by atoms with van der Waals surface area (Å²) in [6, 6.07) is 6.15. The largest absolute Gasteiger partial charge is 0.378 e. The van der Waals surface area contributed by atoms with Gasteiger partial charge in [-0.3, -0.25) is 0 Å². The van der Waals surface area contributed by atoms with E-state index in [0.29, 0.717) is 12.8 Å². The minimum absolute atomic E-state index is 0.137. The van der Waals surface area contributed by atoms with Crippen molar-refractivity contribution in [2.24, 2.45) is 5.73 Å². The van der Waals surface area contributed by atoms with E-state index in [0.717, 1.165) is 28.0 Å². The van der Waals surface area contributed by atoms with Gasteiger partial charge in [0.15, 0.2) is 0 Å². The van der Waals surface area contributed by atoms with Crippen LogP contribution in [0.4, 0.5) is 5.69 Å². The van der Waals surface area contributed by atoms with Crippen molar-refractivity contribution in [2.75, 3.05) is 5.32 Å². The van der Waals surface area contributed by atoms with Crippen LogP contribution in [0.15, 0.2) is 23.7 Å². The Morgan fingerprint density at radius 1 is 1.48 bits per heavy atom. The number of hydrogen-bond acceptors (Lipinski definition) is 7. The third-order valence-corrected chi connectivity index (χ3v) is 5.85. The Morgan fingerprint density at radius 3 is 3.09 bits per heavy atom. The zero-order chi connectivity index (χ0) is 16.2. The summed E-state index contributed by atoms with van der Waals surface area (Å²) in [6.45, 7) is 2.82. The van der Waals surface area contributed by atoms with Gasteiger partial charge in [0.1, 0.15) is 5.52 Å². The molecular weight excluding hydrogens is 326 g/mol. The van der Waals surface area contributed by atoms with Gasteiger partial charge in [-0.1, -0.05) is 6.07 Å². The van der Waals surface area contributed by atoms with Crippen molar-refractivity contribution in [3.05, 3.63) is 39.0 Å². The molecule has 1 atom stereocenters. The highest BCUT2D eigenvalue weighted by Crippen LogP contribution is 2.34. The Labute approximate surface area is 142 Å². The molecule has 0 aromatic carbocycles. The number of fused-ring (bicyclic) bond motifs is 1. The van der Waals surface area contributed by atoms with Gasteiger partial charge in [0, 0.05) is 22.3 Å². The van der Waals surface area contributed by atoms with Crippen LogP contribution in [0.5, 0.6) is 0 Å². The van der Waals surface area contributed by atoms with E-state index in [4.69, 9.17) is 11.0 Å². The quantitative estimate of drug-likeness (QED) is 0.715. The zero-order valence-electron chi connectivity index (χ0n) is 12.7. The molecule has 0 saturated heterocycles. The van der Waals surface area contributed by atoms with Gasteiger partial charge in [0.25, 0.3) is 0 Å². The number of aryl methyl sites for hydroxylation is 1. The number of nitrogens with two attached hydrogens (primary N) is 1. The van der Waals surface area contributed by atoms with E-state index >= 15 is 0 Å². The molecule has 0 fully saturated rings. The van der Waals surface area contributed by atoms with Crippen molar-refractivity contribution >= 4 is 38.6 Å². The molecule has 3 heterocycles. The standard InChI is InChI=1S/C16H17N5S2/c1-10-14(7-11(18)4-5-17)23-16-13(9-20-21-15(10)16)19-8-12-3-2-6-22-12/h2-3,6,9,11H,4,7-8,18H2,1H3,(H,19,21)/t11-/m0/s1. The molecule has 118 valence electrons. The van der Waals surface area contributed by atoms with E-state index in [1.807, 2.05) is 13.0 Å². The molecule has 5 nitrogen and oxygen atoms in total. The van der Waals surface area contributed by atoms with Gasteiger partial charge < -0.3 is 11.1 Å². The van der Waals surface area contributed by atoms with Crippen molar-refractivity contribution in [3.8, 4) is 6.07 Å². The molecule has 3 aromatic rings. The maximum absolute atomic E-state index is 8.77. The molecule has 7 heteroatoms. The minimum Gasteiger partial charge on any atom is -0.378 e. The SMILES string of the molecule is Cc1c(C[C@@H](N)CC#N)sc2c(NCc3cccs3)cnnc12. The van der Waals surface area contributed by atoms with Crippen LogP contribution in [-0.4, -0.2) is 16.2 Å². The van der Waals surface area contributed by atoms with Gasteiger partial charge in [-0.05, 0) is 30.4 Å². The predicted octanol–water partition coefficient (Wildman–Crippen LogP) is 3.46. The number of anilines is 1. The monoisotopic (exact) mass is 343 g/mol. The van der Waals surface area contributed by atoms with Crippen molar-refractivity contribution in [3.63, 3.8) is 0 Å². The molecule has 0 aliphatic heterocycles. The van der Waals surface area contributed by atoms with Gasteiger partial charge in [-0.2, -0.15) is 10.4 Å². The number of rotatable bonds is 6. The first-order valence-electron chi connectivity index (χ1n) is 7.31. The first-order chi connectivity index (χ1) is 11.2. The Bertz CT molecular complexity index is 832. The van der Waals surface area contributed by atoms with Crippen LogP contribution >= 0.6 is 22.7 Å². The fourth-order valence-corrected chi connectivity index (χ4v) is 4.36. The summed E-state index contributed by atoms with van der Waals surface area (Å²) < 4.78 is 1.10. The number of aromatic nitrogens is 2. The van der Waals surface area contributed by atoms with Crippen LogP contribution in [0, 0.1) is 18.3 Å². The first kappa shape index (κ1) is 15.9. The summed E-state index contributed by atoms with van der Waals surface area (Å²) in [5.41, 5.74) is 9.04. The van der Waals surface area contributed by atoms with Gasteiger partial charge in [-0.15, -0.1) is 27.8 Å². The second kappa shape index (κ2) is 7.04.